The molecule has 0 aromatic heterocycles. The maximum Gasteiger partial charge on any atom is 0.316 e. The van der Waals surface area contributed by atoms with Gasteiger partial charge in [-0.15, -0.1) is 11.8 Å². The van der Waals surface area contributed by atoms with Crippen LogP contribution in [0.3, 0.4) is 0 Å². The lowest BCUT2D eigenvalue weighted by Crippen LogP contribution is -2.26. The maximum atomic E-state index is 12.2. The van der Waals surface area contributed by atoms with E-state index in [2.05, 4.69) is 0 Å². The van der Waals surface area contributed by atoms with E-state index < -0.39 is 11.9 Å². The van der Waals surface area contributed by atoms with E-state index >= 15 is 0 Å². The summed E-state index contributed by atoms with van der Waals surface area (Å²) < 4.78 is 4.71. The fourth-order valence-electron chi connectivity index (χ4n) is 1.77. The molecule has 0 aliphatic carbocycles. The monoisotopic (exact) mass is 314 g/mol. The van der Waals surface area contributed by atoms with Crippen LogP contribution >= 0.6 is 23.4 Å². The number of unbranched alkanes of at least 4 members (excludes halogenated alkanes) is 1. The van der Waals surface area contributed by atoms with Crippen LogP contribution in [0.4, 0.5) is 0 Å². The Hall–Kier alpha value is -1.00. The third-order valence-corrected chi connectivity index (χ3v) is 4.46. The number of carbonyl (C=O) groups is 2. The van der Waals surface area contributed by atoms with E-state index in [-0.39, 0.29) is 11.5 Å². The number of thioether (sulfide) groups is 1. The van der Waals surface area contributed by atoms with Crippen LogP contribution in [-0.4, -0.2) is 24.6 Å². The number of methoxy groups -OCH3 is 1. The third kappa shape index (κ3) is 5.17. The molecule has 0 saturated carbocycles. The molecule has 3 nitrogen and oxygen atoms in total. The van der Waals surface area contributed by atoms with E-state index in [1.807, 2.05) is 25.1 Å². The van der Waals surface area contributed by atoms with Crippen LogP contribution in [-0.2, 0) is 14.3 Å². The lowest BCUT2D eigenvalue weighted by Gasteiger charge is -2.13. The van der Waals surface area contributed by atoms with Crippen LogP contribution in [0, 0.1) is 5.92 Å². The standard InChI is InChI=1S/C15H19ClO3S/c1-3-4-7-11(15(18)19-2)13(17)10-20-14-9-6-5-8-12(14)16/h5-6,8-9,11H,3-4,7,10H2,1-2H3. The van der Waals surface area contributed by atoms with Gasteiger partial charge in [0.1, 0.15) is 5.92 Å². The molecule has 1 aromatic carbocycles. The van der Waals surface area contributed by atoms with Crippen LogP contribution in [0.25, 0.3) is 0 Å². The Morgan fingerprint density at radius 1 is 1.35 bits per heavy atom. The Balaban J connectivity index is 2.62. The predicted octanol–water partition coefficient (Wildman–Crippen LogP) is 3.98. The summed E-state index contributed by atoms with van der Waals surface area (Å²) in [6, 6.07) is 7.35. The molecule has 1 rings (SSSR count). The van der Waals surface area contributed by atoms with Gasteiger partial charge in [-0.25, -0.2) is 0 Å². The van der Waals surface area contributed by atoms with E-state index in [4.69, 9.17) is 16.3 Å². The second-order valence-corrected chi connectivity index (χ2v) is 5.83. The first-order chi connectivity index (χ1) is 9.60. The van der Waals surface area contributed by atoms with Crippen LogP contribution < -0.4 is 0 Å². The predicted molar refractivity (Wildman–Crippen MR) is 82.2 cm³/mol. The maximum absolute atomic E-state index is 12.2. The van der Waals surface area contributed by atoms with Crippen molar-refractivity contribution < 1.29 is 14.3 Å². The van der Waals surface area contributed by atoms with Gasteiger partial charge in [0.25, 0.3) is 0 Å². The van der Waals surface area contributed by atoms with Crippen molar-refractivity contribution in [3.05, 3.63) is 29.3 Å². The molecule has 0 radical (unpaired) electrons. The quantitative estimate of drug-likeness (QED) is 0.413. The number of hydrogen-bond acceptors (Lipinski definition) is 4. The van der Waals surface area contributed by atoms with Crippen LogP contribution in [0.2, 0.25) is 5.02 Å². The summed E-state index contributed by atoms with van der Waals surface area (Å²) in [4.78, 5) is 24.7. The van der Waals surface area contributed by atoms with Crippen LogP contribution in [0.15, 0.2) is 29.2 Å². The molecule has 0 heterocycles. The highest BCUT2D eigenvalue weighted by Crippen LogP contribution is 2.27. The van der Waals surface area contributed by atoms with Crippen molar-refractivity contribution in [1.82, 2.24) is 0 Å². The average Bonchev–Trinajstić information content (AvgIpc) is 2.46. The van der Waals surface area contributed by atoms with Gasteiger partial charge in [-0.05, 0) is 18.6 Å². The molecule has 0 saturated heterocycles. The van der Waals surface area contributed by atoms with Crippen LogP contribution in [0.1, 0.15) is 26.2 Å². The molecular weight excluding hydrogens is 296 g/mol. The highest BCUT2D eigenvalue weighted by atomic mass is 35.5. The summed E-state index contributed by atoms with van der Waals surface area (Å²) in [5.74, 6) is -0.971. The molecule has 1 atom stereocenters. The summed E-state index contributed by atoms with van der Waals surface area (Å²) in [6.07, 6.45) is 2.33. The summed E-state index contributed by atoms with van der Waals surface area (Å²) in [5.41, 5.74) is 0. The number of halogens is 1. The Bertz CT molecular complexity index is 462. The molecule has 20 heavy (non-hydrogen) atoms. The fraction of sp³-hybridized carbons (Fsp3) is 0.467. The lowest BCUT2D eigenvalue weighted by atomic mass is 9.98. The Morgan fingerprint density at radius 3 is 2.65 bits per heavy atom. The second-order valence-electron chi connectivity index (χ2n) is 4.40. The average molecular weight is 315 g/mol. The van der Waals surface area contributed by atoms with Gasteiger partial charge in [-0.3, -0.25) is 9.59 Å². The number of rotatable bonds is 8. The van der Waals surface area contributed by atoms with E-state index in [0.29, 0.717) is 11.4 Å². The van der Waals surface area contributed by atoms with Gasteiger partial charge in [0.2, 0.25) is 0 Å². The first-order valence-electron chi connectivity index (χ1n) is 6.58. The van der Waals surface area contributed by atoms with Crippen molar-refractivity contribution in [2.75, 3.05) is 12.9 Å². The Morgan fingerprint density at radius 2 is 2.05 bits per heavy atom. The SMILES string of the molecule is CCCCC(C(=O)CSc1ccccc1Cl)C(=O)OC. The highest BCUT2D eigenvalue weighted by Gasteiger charge is 2.26. The number of carbonyl (C=O) groups excluding carboxylic acids is 2. The van der Waals surface area contributed by atoms with E-state index in [1.165, 1.54) is 18.9 Å². The first-order valence-corrected chi connectivity index (χ1v) is 7.94. The third-order valence-electron chi connectivity index (χ3n) is 2.93. The van der Waals surface area contributed by atoms with Gasteiger partial charge in [0, 0.05) is 4.90 Å². The molecule has 0 spiro atoms. The van der Waals surface area contributed by atoms with Crippen molar-refractivity contribution in [3.63, 3.8) is 0 Å². The topological polar surface area (TPSA) is 43.4 Å². The minimum atomic E-state index is -0.657. The smallest absolute Gasteiger partial charge is 0.316 e. The molecule has 1 unspecified atom stereocenters. The van der Waals surface area contributed by atoms with Crippen molar-refractivity contribution >= 4 is 35.1 Å². The number of ketones is 1. The van der Waals surface area contributed by atoms with Crippen molar-refractivity contribution in [2.45, 2.75) is 31.1 Å². The molecule has 0 amide bonds. The summed E-state index contributed by atoms with van der Waals surface area (Å²) in [6.45, 7) is 2.03. The molecule has 0 N–H and O–H groups in total. The van der Waals surface area contributed by atoms with Crippen molar-refractivity contribution in [3.8, 4) is 0 Å². The lowest BCUT2D eigenvalue weighted by molar-refractivity contribution is -0.149. The fourth-order valence-corrected chi connectivity index (χ4v) is 2.95. The number of ether oxygens (including phenoxy) is 1. The van der Waals surface area contributed by atoms with E-state index in [9.17, 15) is 9.59 Å². The molecule has 5 heteroatoms. The second kappa shape index (κ2) is 9.03. The molecular formula is C15H19ClO3S. The first kappa shape index (κ1) is 17.1. The van der Waals surface area contributed by atoms with E-state index in [0.717, 1.165) is 17.7 Å². The normalized spacial score (nSPS) is 11.9. The largest absolute Gasteiger partial charge is 0.468 e. The minimum absolute atomic E-state index is 0.102. The molecule has 0 aliphatic rings. The molecule has 110 valence electrons. The summed E-state index contributed by atoms with van der Waals surface area (Å²) >= 11 is 7.39. The van der Waals surface area contributed by atoms with Gasteiger partial charge in [0.05, 0.1) is 17.9 Å². The van der Waals surface area contributed by atoms with Crippen LogP contribution in [0.5, 0.6) is 0 Å². The summed E-state index contributed by atoms with van der Waals surface area (Å²) in [5, 5.41) is 0.619. The molecule has 0 aliphatic heterocycles. The van der Waals surface area contributed by atoms with Gasteiger partial charge < -0.3 is 4.74 Å². The highest BCUT2D eigenvalue weighted by molar-refractivity contribution is 8.00. The molecule has 0 fully saturated rings. The zero-order valence-corrected chi connectivity index (χ0v) is 13.3. The van der Waals surface area contributed by atoms with Crippen molar-refractivity contribution in [2.24, 2.45) is 5.92 Å². The van der Waals surface area contributed by atoms with Gasteiger partial charge in [-0.2, -0.15) is 0 Å². The van der Waals surface area contributed by atoms with Crippen molar-refractivity contribution in [1.29, 1.82) is 0 Å². The molecule has 0 bridgehead atoms. The Labute approximate surface area is 129 Å². The zero-order chi connectivity index (χ0) is 15.0. The van der Waals surface area contributed by atoms with Gasteiger partial charge in [0.15, 0.2) is 5.78 Å². The number of hydrogen-bond donors (Lipinski definition) is 0. The zero-order valence-electron chi connectivity index (χ0n) is 11.7. The van der Waals surface area contributed by atoms with Gasteiger partial charge >= 0.3 is 5.97 Å². The number of Topliss-reactive ketones (excluding diaryl/α,β-unsaturated/α-hetero) is 1. The van der Waals surface area contributed by atoms with Gasteiger partial charge in [-0.1, -0.05) is 43.5 Å². The minimum Gasteiger partial charge on any atom is -0.468 e. The summed E-state index contributed by atoms with van der Waals surface area (Å²) in [7, 11) is 1.32. The van der Waals surface area contributed by atoms with E-state index in [1.54, 1.807) is 6.07 Å². The molecule has 1 aromatic rings. The Kier molecular flexibility index (Phi) is 7.70. The number of benzene rings is 1. The number of esters is 1.